The van der Waals surface area contributed by atoms with Gasteiger partial charge in [0.05, 0.1) is 5.69 Å². The summed E-state index contributed by atoms with van der Waals surface area (Å²) in [5.41, 5.74) is 7.01. The highest BCUT2D eigenvalue weighted by atomic mass is 15.5. The molecule has 2 rings (SSSR count). The van der Waals surface area contributed by atoms with Crippen molar-refractivity contribution in [3.63, 3.8) is 0 Å². The van der Waals surface area contributed by atoms with Crippen LogP contribution in [0.25, 0.3) is 5.69 Å². The van der Waals surface area contributed by atoms with Gasteiger partial charge < -0.3 is 5.73 Å². The molecule has 0 saturated carbocycles. The van der Waals surface area contributed by atoms with Crippen molar-refractivity contribution in [2.24, 2.45) is 5.73 Å². The maximum Gasteiger partial charge on any atom is 0.161 e. The van der Waals surface area contributed by atoms with Gasteiger partial charge in [0.25, 0.3) is 0 Å². The second-order valence-electron chi connectivity index (χ2n) is 4.15. The molecule has 0 aliphatic heterocycles. The first-order valence-electron chi connectivity index (χ1n) is 5.83. The molecule has 2 atom stereocenters. The summed E-state index contributed by atoms with van der Waals surface area (Å²) < 4.78 is 1.75. The standard InChI is InChI=1S/C12H17N5/c1-3-11(13)9(2)12-14-15-16-17(12)10-7-5-4-6-8-10/h4-9,11H,3,13H2,1-2H3. The van der Waals surface area contributed by atoms with Crippen LogP contribution in [-0.4, -0.2) is 26.2 Å². The molecule has 0 amide bonds. The van der Waals surface area contributed by atoms with Crippen LogP contribution in [0.5, 0.6) is 0 Å². The Labute approximate surface area is 101 Å². The van der Waals surface area contributed by atoms with Crippen LogP contribution >= 0.6 is 0 Å². The molecule has 17 heavy (non-hydrogen) atoms. The first-order valence-corrected chi connectivity index (χ1v) is 5.83. The monoisotopic (exact) mass is 231 g/mol. The van der Waals surface area contributed by atoms with Gasteiger partial charge in [0.2, 0.25) is 0 Å². The van der Waals surface area contributed by atoms with E-state index in [4.69, 9.17) is 5.73 Å². The number of hydrogen-bond donors (Lipinski definition) is 1. The molecule has 5 nitrogen and oxygen atoms in total. The van der Waals surface area contributed by atoms with Crippen LogP contribution in [0.3, 0.4) is 0 Å². The summed E-state index contributed by atoms with van der Waals surface area (Å²) in [6.07, 6.45) is 0.906. The van der Waals surface area contributed by atoms with Gasteiger partial charge in [-0.3, -0.25) is 0 Å². The number of rotatable bonds is 4. The minimum Gasteiger partial charge on any atom is -0.327 e. The summed E-state index contributed by atoms with van der Waals surface area (Å²) in [4.78, 5) is 0. The Morgan fingerprint density at radius 1 is 1.29 bits per heavy atom. The molecule has 2 aromatic rings. The summed E-state index contributed by atoms with van der Waals surface area (Å²) >= 11 is 0. The molecule has 0 aliphatic carbocycles. The molecule has 1 aromatic heterocycles. The third-order valence-electron chi connectivity index (χ3n) is 3.02. The molecule has 0 bridgehead atoms. The number of aromatic nitrogens is 4. The predicted octanol–water partition coefficient (Wildman–Crippen LogP) is 1.50. The summed E-state index contributed by atoms with van der Waals surface area (Å²) in [5, 5.41) is 11.9. The Bertz CT molecular complexity index is 465. The van der Waals surface area contributed by atoms with E-state index < -0.39 is 0 Å². The average Bonchev–Trinajstić information content (AvgIpc) is 2.87. The van der Waals surface area contributed by atoms with Crippen LogP contribution < -0.4 is 5.73 Å². The third-order valence-corrected chi connectivity index (χ3v) is 3.02. The molecular weight excluding hydrogens is 214 g/mol. The second kappa shape index (κ2) is 5.05. The molecule has 0 radical (unpaired) electrons. The highest BCUT2D eigenvalue weighted by molar-refractivity contribution is 5.31. The molecule has 0 spiro atoms. The summed E-state index contributed by atoms with van der Waals surface area (Å²) in [6.45, 7) is 4.12. The van der Waals surface area contributed by atoms with E-state index in [-0.39, 0.29) is 12.0 Å². The van der Waals surface area contributed by atoms with Gasteiger partial charge in [-0.25, -0.2) is 0 Å². The minimum atomic E-state index is 0.0727. The van der Waals surface area contributed by atoms with Crippen LogP contribution in [0.2, 0.25) is 0 Å². The van der Waals surface area contributed by atoms with Crippen molar-refractivity contribution in [3.05, 3.63) is 36.2 Å². The fraction of sp³-hybridized carbons (Fsp3) is 0.417. The van der Waals surface area contributed by atoms with Crippen LogP contribution in [0.1, 0.15) is 32.0 Å². The van der Waals surface area contributed by atoms with Crippen molar-refractivity contribution in [1.29, 1.82) is 0 Å². The summed E-state index contributed by atoms with van der Waals surface area (Å²) in [7, 11) is 0. The number of hydrogen-bond acceptors (Lipinski definition) is 4. The van der Waals surface area contributed by atoms with E-state index in [1.165, 1.54) is 0 Å². The number of benzene rings is 1. The maximum absolute atomic E-state index is 6.05. The van der Waals surface area contributed by atoms with Gasteiger partial charge in [-0.05, 0) is 29.0 Å². The third kappa shape index (κ3) is 2.34. The summed E-state index contributed by atoms with van der Waals surface area (Å²) in [5.74, 6) is 0.945. The van der Waals surface area contributed by atoms with Crippen LogP contribution in [0, 0.1) is 0 Å². The first kappa shape index (κ1) is 11.7. The molecule has 2 unspecified atom stereocenters. The van der Waals surface area contributed by atoms with E-state index >= 15 is 0 Å². The lowest BCUT2D eigenvalue weighted by molar-refractivity contribution is 0.517. The zero-order chi connectivity index (χ0) is 12.3. The van der Waals surface area contributed by atoms with E-state index in [9.17, 15) is 0 Å². The Morgan fingerprint density at radius 2 is 2.00 bits per heavy atom. The number of nitrogens with two attached hydrogens (primary N) is 1. The van der Waals surface area contributed by atoms with Crippen LogP contribution in [0.15, 0.2) is 30.3 Å². The molecule has 1 heterocycles. The maximum atomic E-state index is 6.05. The molecule has 90 valence electrons. The Morgan fingerprint density at radius 3 is 2.65 bits per heavy atom. The van der Waals surface area contributed by atoms with Gasteiger partial charge in [-0.1, -0.05) is 32.0 Å². The van der Waals surface area contributed by atoms with Crippen molar-refractivity contribution >= 4 is 0 Å². The largest absolute Gasteiger partial charge is 0.327 e. The Kier molecular flexibility index (Phi) is 3.49. The summed E-state index contributed by atoms with van der Waals surface area (Å²) in [6, 6.07) is 9.92. The zero-order valence-corrected chi connectivity index (χ0v) is 10.1. The average molecular weight is 231 g/mol. The minimum absolute atomic E-state index is 0.0727. The van der Waals surface area contributed by atoms with Gasteiger partial charge >= 0.3 is 0 Å². The van der Waals surface area contributed by atoms with Gasteiger partial charge in [0.1, 0.15) is 0 Å². The van der Waals surface area contributed by atoms with Gasteiger partial charge in [0, 0.05) is 12.0 Å². The zero-order valence-electron chi connectivity index (χ0n) is 10.1. The highest BCUT2D eigenvalue weighted by Gasteiger charge is 2.20. The fourth-order valence-corrected chi connectivity index (χ4v) is 1.78. The van der Waals surface area contributed by atoms with Crippen molar-refractivity contribution in [2.45, 2.75) is 32.2 Å². The van der Waals surface area contributed by atoms with Crippen molar-refractivity contribution in [2.75, 3.05) is 0 Å². The fourth-order valence-electron chi connectivity index (χ4n) is 1.78. The SMILES string of the molecule is CCC(N)C(C)c1nnnn1-c1ccccc1. The molecule has 1 aromatic carbocycles. The van der Waals surface area contributed by atoms with Crippen molar-refractivity contribution < 1.29 is 0 Å². The van der Waals surface area contributed by atoms with Crippen molar-refractivity contribution in [1.82, 2.24) is 20.2 Å². The topological polar surface area (TPSA) is 69.6 Å². The number of tetrazole rings is 1. The molecule has 2 N–H and O–H groups in total. The second-order valence-corrected chi connectivity index (χ2v) is 4.15. The van der Waals surface area contributed by atoms with E-state index in [0.29, 0.717) is 0 Å². The smallest absolute Gasteiger partial charge is 0.161 e. The normalized spacial score (nSPS) is 14.5. The van der Waals surface area contributed by atoms with E-state index in [1.807, 2.05) is 30.3 Å². The molecule has 0 aliphatic rings. The molecule has 5 heteroatoms. The van der Waals surface area contributed by atoms with Crippen LogP contribution in [-0.2, 0) is 0 Å². The highest BCUT2D eigenvalue weighted by Crippen LogP contribution is 2.19. The van der Waals surface area contributed by atoms with E-state index in [1.54, 1.807) is 4.68 Å². The number of para-hydroxylation sites is 1. The first-order chi connectivity index (χ1) is 8.24. The lowest BCUT2D eigenvalue weighted by Gasteiger charge is -2.17. The Hall–Kier alpha value is -1.75. The van der Waals surface area contributed by atoms with Gasteiger partial charge in [-0.2, -0.15) is 4.68 Å². The van der Waals surface area contributed by atoms with Gasteiger partial charge in [0.15, 0.2) is 5.82 Å². The Balaban J connectivity index is 2.35. The quantitative estimate of drug-likeness (QED) is 0.865. The molecule has 0 saturated heterocycles. The van der Waals surface area contributed by atoms with Gasteiger partial charge in [-0.15, -0.1) is 5.10 Å². The number of nitrogens with zero attached hydrogens (tertiary/aromatic N) is 4. The van der Waals surface area contributed by atoms with E-state index in [2.05, 4.69) is 29.4 Å². The van der Waals surface area contributed by atoms with Crippen molar-refractivity contribution in [3.8, 4) is 5.69 Å². The lowest BCUT2D eigenvalue weighted by Crippen LogP contribution is -2.27. The van der Waals surface area contributed by atoms with Crippen LogP contribution in [0.4, 0.5) is 0 Å². The molecule has 0 fully saturated rings. The predicted molar refractivity (Wildman–Crippen MR) is 65.8 cm³/mol. The lowest BCUT2D eigenvalue weighted by atomic mass is 10.00. The van der Waals surface area contributed by atoms with E-state index in [0.717, 1.165) is 17.9 Å². The molecular formula is C12H17N5.